The fourth-order valence-electron chi connectivity index (χ4n) is 4.64. The van der Waals surface area contributed by atoms with Gasteiger partial charge in [0.1, 0.15) is 5.75 Å². The van der Waals surface area contributed by atoms with Crippen molar-refractivity contribution in [2.45, 2.75) is 50.8 Å². The van der Waals surface area contributed by atoms with Crippen molar-refractivity contribution in [1.29, 1.82) is 0 Å². The summed E-state index contributed by atoms with van der Waals surface area (Å²) in [6, 6.07) is 23.3. The van der Waals surface area contributed by atoms with Crippen molar-refractivity contribution in [2.24, 2.45) is 11.8 Å². The first-order valence-corrected chi connectivity index (χ1v) is 17.6. The van der Waals surface area contributed by atoms with Crippen molar-refractivity contribution >= 4 is 26.0 Å². The number of aliphatic hydroxyl groups is 1. The topological polar surface area (TPSA) is 142 Å². The van der Waals surface area contributed by atoms with Crippen LogP contribution in [-0.2, 0) is 37.8 Å². The molecule has 0 aliphatic carbocycles. The van der Waals surface area contributed by atoms with Crippen LogP contribution in [0.2, 0.25) is 0 Å². The van der Waals surface area contributed by atoms with Gasteiger partial charge in [0.05, 0.1) is 35.8 Å². The number of nitrogens with one attached hydrogen (secondary N) is 2. The number of nitrogens with zero attached hydrogens (tertiary/aromatic N) is 1. The van der Waals surface area contributed by atoms with Crippen LogP contribution in [0, 0.1) is 11.8 Å². The number of aliphatic hydroxyl groups excluding tert-OH is 1. The molecule has 0 fully saturated rings. The Hall–Kier alpha value is -3.29. The Kier molecular flexibility index (Phi) is 12.9. The highest BCUT2D eigenvalue weighted by Gasteiger charge is 2.32. The molecule has 1 amide bonds. The lowest BCUT2D eigenvalue weighted by atomic mass is 10.00. The summed E-state index contributed by atoms with van der Waals surface area (Å²) < 4.78 is 61.7. The van der Waals surface area contributed by atoms with Crippen molar-refractivity contribution in [3.05, 3.63) is 96.1 Å². The minimum Gasteiger partial charge on any atom is -0.497 e. The summed E-state index contributed by atoms with van der Waals surface area (Å²) in [5.74, 6) is -1.50. The minimum absolute atomic E-state index is 0.0500. The van der Waals surface area contributed by atoms with Crippen LogP contribution in [0.15, 0.2) is 89.8 Å². The molecular weight excluding hydrogens is 603 g/mol. The smallest absolute Gasteiger partial charge is 0.243 e. The van der Waals surface area contributed by atoms with Crippen LogP contribution in [-0.4, -0.2) is 70.3 Å². The summed E-state index contributed by atoms with van der Waals surface area (Å²) in [6.07, 6.45) is -1.09. The van der Waals surface area contributed by atoms with E-state index in [9.17, 15) is 26.7 Å². The van der Waals surface area contributed by atoms with E-state index in [0.717, 1.165) is 11.1 Å². The molecule has 0 aromatic heterocycles. The Balaban J connectivity index is 1.78. The van der Waals surface area contributed by atoms with Gasteiger partial charge in [0.25, 0.3) is 0 Å². The lowest BCUT2D eigenvalue weighted by Gasteiger charge is -2.31. The van der Waals surface area contributed by atoms with E-state index in [1.807, 2.05) is 62.4 Å². The lowest BCUT2D eigenvalue weighted by Crippen LogP contribution is -2.52. The number of carbonyl (C=O) groups is 1. The average Bonchev–Trinajstić information content (AvgIpc) is 3.00. The molecule has 0 bridgehead atoms. The summed E-state index contributed by atoms with van der Waals surface area (Å²) in [6.45, 7) is 5.21. The number of amides is 1. The fourth-order valence-corrected chi connectivity index (χ4v) is 7.58. The van der Waals surface area contributed by atoms with Gasteiger partial charge >= 0.3 is 0 Å². The van der Waals surface area contributed by atoms with Crippen molar-refractivity contribution < 1.29 is 31.5 Å². The van der Waals surface area contributed by atoms with E-state index < -0.39 is 49.8 Å². The predicted octanol–water partition coefficient (Wildman–Crippen LogP) is 3.19. The largest absolute Gasteiger partial charge is 0.497 e. The molecule has 0 saturated heterocycles. The molecule has 3 N–H and O–H groups in total. The molecule has 10 nitrogen and oxygen atoms in total. The van der Waals surface area contributed by atoms with Gasteiger partial charge in [-0.25, -0.2) is 21.6 Å². The van der Waals surface area contributed by atoms with Crippen LogP contribution < -0.4 is 14.8 Å². The number of hydrogen-bond donors (Lipinski definition) is 3. The molecule has 0 unspecified atom stereocenters. The lowest BCUT2D eigenvalue weighted by molar-refractivity contribution is -0.125. The normalized spacial score (nSPS) is 14.2. The number of sulfonamides is 2. The second kappa shape index (κ2) is 16.1. The zero-order chi connectivity index (χ0) is 32.3. The molecule has 12 heteroatoms. The highest BCUT2D eigenvalue weighted by atomic mass is 32.2. The van der Waals surface area contributed by atoms with Crippen LogP contribution in [0.25, 0.3) is 0 Å². The van der Waals surface area contributed by atoms with Gasteiger partial charge in [-0.1, -0.05) is 81.4 Å². The van der Waals surface area contributed by atoms with E-state index in [1.165, 1.54) is 30.5 Å². The maximum Gasteiger partial charge on any atom is 0.243 e. The van der Waals surface area contributed by atoms with Gasteiger partial charge < -0.3 is 15.2 Å². The molecular formula is C32H43N3O7S2. The van der Waals surface area contributed by atoms with E-state index in [0.29, 0.717) is 5.75 Å². The Morgan fingerprint density at radius 2 is 1.41 bits per heavy atom. The number of benzene rings is 3. The van der Waals surface area contributed by atoms with Crippen LogP contribution >= 0.6 is 0 Å². The molecule has 0 saturated carbocycles. The highest BCUT2D eigenvalue weighted by Crippen LogP contribution is 2.22. The summed E-state index contributed by atoms with van der Waals surface area (Å²) in [4.78, 5) is 13.3. The first kappa shape index (κ1) is 35.2. The molecule has 0 aliphatic heterocycles. The summed E-state index contributed by atoms with van der Waals surface area (Å²) in [5.41, 5.74) is 1.60. The zero-order valence-corrected chi connectivity index (χ0v) is 27.2. The van der Waals surface area contributed by atoms with Crippen LogP contribution in [0.4, 0.5) is 0 Å². The predicted molar refractivity (Wildman–Crippen MR) is 171 cm³/mol. The third-order valence-electron chi connectivity index (χ3n) is 7.00. The molecule has 0 radical (unpaired) electrons. The SMILES string of the molecule is COc1ccc(S(=O)(=O)N(CC(C)C)C[C@@H](O)[C@H](Cc2ccccc2)NC(=O)[C@H](C)CS(=O)(=O)NCc2ccccc2)cc1. The Morgan fingerprint density at radius 1 is 0.841 bits per heavy atom. The van der Waals surface area contributed by atoms with E-state index >= 15 is 0 Å². The van der Waals surface area contributed by atoms with Gasteiger partial charge in [-0.15, -0.1) is 0 Å². The number of carbonyl (C=O) groups excluding carboxylic acids is 1. The molecule has 3 aromatic rings. The van der Waals surface area contributed by atoms with Gasteiger partial charge in [0.15, 0.2) is 0 Å². The standard InChI is InChI=1S/C32H43N3O7S2/c1-24(2)21-35(44(40,41)29-17-15-28(42-4)16-18-29)22-31(36)30(19-26-11-7-5-8-12-26)34-32(37)25(3)23-43(38,39)33-20-27-13-9-6-10-14-27/h5-18,24-25,30-31,33,36H,19-23H2,1-4H3,(H,34,37)/t25-,30+,31-/m1/s1. The zero-order valence-electron chi connectivity index (χ0n) is 25.6. The first-order valence-electron chi connectivity index (χ1n) is 14.5. The third kappa shape index (κ3) is 10.7. The molecule has 0 heterocycles. The first-order chi connectivity index (χ1) is 20.8. The monoisotopic (exact) mass is 645 g/mol. The quantitative estimate of drug-likeness (QED) is 0.205. The van der Waals surface area contributed by atoms with Crippen LogP contribution in [0.5, 0.6) is 5.75 Å². The maximum absolute atomic E-state index is 13.6. The third-order valence-corrected chi connectivity index (χ3v) is 10.4. The Morgan fingerprint density at radius 3 is 1.95 bits per heavy atom. The number of methoxy groups -OCH3 is 1. The van der Waals surface area contributed by atoms with Crippen molar-refractivity contribution in [3.63, 3.8) is 0 Å². The average molecular weight is 646 g/mol. The summed E-state index contributed by atoms with van der Waals surface area (Å²) in [7, 11) is -6.31. The molecule has 0 spiro atoms. The van der Waals surface area contributed by atoms with Crippen molar-refractivity contribution in [2.75, 3.05) is 26.0 Å². The fraction of sp³-hybridized carbons (Fsp3) is 0.406. The minimum atomic E-state index is -4.00. The van der Waals surface area contributed by atoms with E-state index in [4.69, 9.17) is 4.74 Å². The van der Waals surface area contributed by atoms with Gasteiger partial charge in [-0.2, -0.15) is 4.31 Å². The van der Waals surface area contributed by atoms with Gasteiger partial charge in [-0.3, -0.25) is 4.79 Å². The van der Waals surface area contributed by atoms with Gasteiger partial charge in [0, 0.05) is 19.6 Å². The van der Waals surface area contributed by atoms with Crippen molar-refractivity contribution in [1.82, 2.24) is 14.3 Å². The molecule has 3 atom stereocenters. The van der Waals surface area contributed by atoms with Crippen molar-refractivity contribution in [3.8, 4) is 5.75 Å². The molecule has 44 heavy (non-hydrogen) atoms. The molecule has 3 aromatic carbocycles. The van der Waals surface area contributed by atoms with E-state index in [1.54, 1.807) is 24.3 Å². The Labute approximate surface area is 261 Å². The van der Waals surface area contributed by atoms with E-state index in [2.05, 4.69) is 10.0 Å². The number of ether oxygens (including phenoxy) is 1. The maximum atomic E-state index is 13.6. The number of hydrogen-bond acceptors (Lipinski definition) is 7. The Bertz CT molecular complexity index is 1530. The van der Waals surface area contributed by atoms with E-state index in [-0.39, 0.29) is 36.9 Å². The van der Waals surface area contributed by atoms with Gasteiger partial charge in [0.2, 0.25) is 26.0 Å². The summed E-state index contributed by atoms with van der Waals surface area (Å²) in [5, 5.41) is 14.3. The van der Waals surface area contributed by atoms with Crippen LogP contribution in [0.3, 0.4) is 0 Å². The van der Waals surface area contributed by atoms with Gasteiger partial charge in [-0.05, 0) is 47.7 Å². The molecule has 240 valence electrons. The highest BCUT2D eigenvalue weighted by molar-refractivity contribution is 7.89. The second-order valence-corrected chi connectivity index (χ2v) is 15.0. The molecule has 3 rings (SSSR count). The molecule has 0 aliphatic rings. The second-order valence-electron chi connectivity index (χ2n) is 11.3. The summed E-state index contributed by atoms with van der Waals surface area (Å²) >= 11 is 0. The van der Waals surface area contributed by atoms with Crippen LogP contribution in [0.1, 0.15) is 31.9 Å². The number of rotatable bonds is 17.